The van der Waals surface area contributed by atoms with Crippen LogP contribution in [0.2, 0.25) is 5.02 Å². The first-order valence-electron chi connectivity index (χ1n) is 7.10. The van der Waals surface area contributed by atoms with Crippen molar-refractivity contribution >= 4 is 52.7 Å². The summed E-state index contributed by atoms with van der Waals surface area (Å²) in [6, 6.07) is 7.15. The van der Waals surface area contributed by atoms with Crippen LogP contribution in [0.5, 0.6) is 0 Å². The fourth-order valence-electron chi connectivity index (χ4n) is 1.72. The van der Waals surface area contributed by atoms with E-state index in [0.717, 1.165) is 11.3 Å². The zero-order valence-electron chi connectivity index (χ0n) is 13.1. The quantitative estimate of drug-likeness (QED) is 0.471. The van der Waals surface area contributed by atoms with Gasteiger partial charge >= 0.3 is 0 Å². The molecule has 0 unspecified atom stereocenters. The topological polar surface area (TPSA) is 71.8 Å². The lowest BCUT2D eigenvalue weighted by atomic mass is 10.2. The first kappa shape index (κ1) is 18.4. The van der Waals surface area contributed by atoms with Gasteiger partial charge in [-0.05, 0) is 48.7 Å². The second-order valence-electron chi connectivity index (χ2n) is 4.61. The molecule has 0 saturated carbocycles. The van der Waals surface area contributed by atoms with E-state index in [4.69, 9.17) is 23.8 Å². The van der Waals surface area contributed by atoms with Crippen molar-refractivity contribution in [1.29, 1.82) is 0 Å². The highest BCUT2D eigenvalue weighted by Crippen LogP contribution is 2.14. The van der Waals surface area contributed by atoms with E-state index in [-0.39, 0.29) is 11.0 Å². The van der Waals surface area contributed by atoms with Gasteiger partial charge in [-0.3, -0.25) is 15.5 Å². The van der Waals surface area contributed by atoms with E-state index < -0.39 is 0 Å². The highest BCUT2D eigenvalue weighted by atomic mass is 35.5. The molecular weight excluding hydrogens is 366 g/mol. The van der Waals surface area contributed by atoms with Crippen LogP contribution in [0.1, 0.15) is 18.3 Å². The Morgan fingerprint density at radius 2 is 2.08 bits per heavy atom. The molecule has 0 radical (unpaired) electrons. The summed E-state index contributed by atoms with van der Waals surface area (Å²) in [5, 5.41) is 12.1. The molecule has 1 aromatic carbocycles. The highest BCUT2D eigenvalue weighted by Gasteiger charge is 2.10. The number of nitrogens with one attached hydrogen (secondary N) is 2. The summed E-state index contributed by atoms with van der Waals surface area (Å²) in [7, 11) is 0. The lowest BCUT2D eigenvalue weighted by Gasteiger charge is -2.11. The summed E-state index contributed by atoms with van der Waals surface area (Å²) in [4.78, 5) is 11.9. The van der Waals surface area contributed by atoms with Crippen LogP contribution in [0.25, 0.3) is 6.08 Å². The molecule has 0 fully saturated rings. The predicted octanol–water partition coefficient (Wildman–Crippen LogP) is 3.01. The number of hydrogen-bond acceptors (Lipinski definition) is 5. The van der Waals surface area contributed by atoms with Gasteiger partial charge in [0.15, 0.2) is 5.11 Å². The van der Waals surface area contributed by atoms with Crippen molar-refractivity contribution in [2.75, 3.05) is 11.2 Å². The van der Waals surface area contributed by atoms with Crippen LogP contribution in [0.4, 0.5) is 0 Å². The van der Waals surface area contributed by atoms with Gasteiger partial charge in [0, 0.05) is 11.1 Å². The van der Waals surface area contributed by atoms with Gasteiger partial charge in [0.25, 0.3) is 0 Å². The molecular formula is C15H16ClN5OS2. The highest BCUT2D eigenvalue weighted by molar-refractivity contribution is 7.99. The zero-order valence-corrected chi connectivity index (χ0v) is 15.5. The number of aromatic nitrogens is 3. The average Bonchev–Trinajstić information content (AvgIpc) is 2.88. The molecule has 9 heteroatoms. The molecule has 0 spiro atoms. The summed E-state index contributed by atoms with van der Waals surface area (Å²) >= 11 is 12.5. The molecule has 2 N–H and O–H groups in total. The van der Waals surface area contributed by atoms with Crippen molar-refractivity contribution < 1.29 is 4.79 Å². The van der Waals surface area contributed by atoms with Crippen molar-refractivity contribution in [2.24, 2.45) is 0 Å². The molecule has 2 rings (SSSR count). The third-order valence-corrected chi connectivity index (χ3v) is 4.07. The zero-order chi connectivity index (χ0) is 17.5. The van der Waals surface area contributed by atoms with E-state index >= 15 is 0 Å². The summed E-state index contributed by atoms with van der Waals surface area (Å²) in [5.74, 6) is 1.17. The number of rotatable bonds is 5. The number of hydrogen-bond donors (Lipinski definition) is 2. The number of benzene rings is 1. The Kier molecular flexibility index (Phi) is 6.77. The van der Waals surface area contributed by atoms with E-state index in [1.807, 2.05) is 19.1 Å². The molecule has 0 atom stereocenters. The van der Waals surface area contributed by atoms with Gasteiger partial charge in [-0.25, -0.2) is 4.68 Å². The lowest BCUT2D eigenvalue weighted by molar-refractivity contribution is -0.115. The number of aryl methyl sites for hydroxylation is 1. The molecule has 0 saturated heterocycles. The number of carbonyl (C=O) groups is 1. The van der Waals surface area contributed by atoms with Gasteiger partial charge in [0.2, 0.25) is 11.1 Å². The SMILES string of the molecule is CCSc1nnc(C)n1NC(=S)NC(=O)C=Cc1ccc(Cl)cc1. The minimum absolute atomic E-state index is 0.168. The minimum Gasteiger partial charge on any atom is -0.298 e. The van der Waals surface area contributed by atoms with Crippen molar-refractivity contribution in [2.45, 2.75) is 19.0 Å². The van der Waals surface area contributed by atoms with Crippen LogP contribution < -0.4 is 10.7 Å². The Morgan fingerprint density at radius 3 is 2.75 bits per heavy atom. The maximum absolute atomic E-state index is 11.9. The van der Waals surface area contributed by atoms with E-state index in [1.165, 1.54) is 17.8 Å². The second kappa shape index (κ2) is 8.81. The Morgan fingerprint density at radius 1 is 1.38 bits per heavy atom. The lowest BCUT2D eigenvalue weighted by Crippen LogP contribution is -2.37. The molecule has 1 heterocycles. The number of halogens is 1. The normalized spacial score (nSPS) is 10.8. The molecule has 0 aliphatic heterocycles. The maximum Gasteiger partial charge on any atom is 0.250 e. The van der Waals surface area contributed by atoms with E-state index in [2.05, 4.69) is 20.9 Å². The Balaban J connectivity index is 1.93. The van der Waals surface area contributed by atoms with Gasteiger partial charge in [0.05, 0.1) is 0 Å². The molecule has 2 aromatic rings. The standard InChI is InChI=1S/C15H16ClN5OS2/c1-3-24-15-19-18-10(2)21(15)20-14(23)17-13(22)9-6-11-4-7-12(16)8-5-11/h4-9H,3H2,1-2H3,(H2,17,20,22,23). The van der Waals surface area contributed by atoms with E-state index in [0.29, 0.717) is 16.0 Å². The number of carbonyl (C=O) groups excluding carboxylic acids is 1. The van der Waals surface area contributed by atoms with Gasteiger partial charge < -0.3 is 0 Å². The first-order chi connectivity index (χ1) is 11.5. The monoisotopic (exact) mass is 381 g/mol. The van der Waals surface area contributed by atoms with Crippen LogP contribution in [0.15, 0.2) is 35.5 Å². The molecule has 0 aliphatic rings. The summed E-state index contributed by atoms with van der Waals surface area (Å²) in [6.45, 7) is 3.81. The summed E-state index contributed by atoms with van der Waals surface area (Å²) < 4.78 is 1.64. The van der Waals surface area contributed by atoms with E-state index in [9.17, 15) is 4.79 Å². The maximum atomic E-state index is 11.9. The molecule has 126 valence electrons. The minimum atomic E-state index is -0.335. The Hall–Kier alpha value is -1.90. The second-order valence-corrected chi connectivity index (χ2v) is 6.69. The summed E-state index contributed by atoms with van der Waals surface area (Å²) in [6.07, 6.45) is 3.08. The molecule has 0 aliphatic carbocycles. The van der Waals surface area contributed by atoms with Gasteiger partial charge in [-0.2, -0.15) is 0 Å². The van der Waals surface area contributed by atoms with Crippen LogP contribution >= 0.6 is 35.6 Å². The number of nitrogens with zero attached hydrogens (tertiary/aromatic N) is 3. The number of thiocarbonyl (C=S) groups is 1. The molecule has 1 aromatic heterocycles. The fraction of sp³-hybridized carbons (Fsp3) is 0.200. The van der Waals surface area contributed by atoms with Crippen LogP contribution in [0, 0.1) is 6.92 Å². The van der Waals surface area contributed by atoms with Crippen LogP contribution in [-0.2, 0) is 4.79 Å². The Bertz CT molecular complexity index is 758. The molecule has 6 nitrogen and oxygen atoms in total. The van der Waals surface area contributed by atoms with Crippen molar-refractivity contribution in [3.8, 4) is 0 Å². The number of thioether (sulfide) groups is 1. The first-order valence-corrected chi connectivity index (χ1v) is 8.87. The van der Waals surface area contributed by atoms with Gasteiger partial charge in [-0.1, -0.05) is 42.4 Å². The third kappa shape index (κ3) is 5.33. The smallest absolute Gasteiger partial charge is 0.250 e. The largest absolute Gasteiger partial charge is 0.298 e. The molecule has 24 heavy (non-hydrogen) atoms. The average molecular weight is 382 g/mol. The number of amides is 1. The Labute approximate surface area is 154 Å². The van der Waals surface area contributed by atoms with Gasteiger partial charge in [0.1, 0.15) is 5.82 Å². The summed E-state index contributed by atoms with van der Waals surface area (Å²) in [5.41, 5.74) is 3.76. The predicted molar refractivity (Wildman–Crippen MR) is 102 cm³/mol. The van der Waals surface area contributed by atoms with Crippen molar-refractivity contribution in [3.05, 3.63) is 46.8 Å². The van der Waals surface area contributed by atoms with Crippen LogP contribution in [-0.4, -0.2) is 31.6 Å². The van der Waals surface area contributed by atoms with Crippen LogP contribution in [0.3, 0.4) is 0 Å². The van der Waals surface area contributed by atoms with Gasteiger partial charge in [-0.15, -0.1) is 10.2 Å². The fourth-order valence-corrected chi connectivity index (χ4v) is 2.70. The van der Waals surface area contributed by atoms with Crippen molar-refractivity contribution in [1.82, 2.24) is 20.2 Å². The van der Waals surface area contributed by atoms with Crippen molar-refractivity contribution in [3.63, 3.8) is 0 Å². The molecule has 0 bridgehead atoms. The third-order valence-electron chi connectivity index (χ3n) is 2.82. The molecule has 1 amide bonds. The van der Waals surface area contributed by atoms with E-state index in [1.54, 1.807) is 29.8 Å².